The molecule has 3 nitrogen and oxygen atoms in total. The first-order valence-corrected chi connectivity index (χ1v) is 7.39. The second-order valence-corrected chi connectivity index (χ2v) is 6.11. The Labute approximate surface area is 115 Å². The van der Waals surface area contributed by atoms with Crippen LogP contribution in [0.5, 0.6) is 5.75 Å². The van der Waals surface area contributed by atoms with Crippen molar-refractivity contribution >= 4 is 0 Å². The van der Waals surface area contributed by atoms with E-state index < -0.39 is 0 Å². The van der Waals surface area contributed by atoms with Gasteiger partial charge in [-0.1, -0.05) is 20.8 Å². The van der Waals surface area contributed by atoms with Crippen LogP contribution in [0.15, 0.2) is 10.9 Å². The molecular weight excluding hydrogens is 238 g/mol. The second kappa shape index (κ2) is 5.81. The molecule has 0 radical (unpaired) electrons. The Balaban J connectivity index is 2.20. The third-order valence-electron chi connectivity index (χ3n) is 4.11. The van der Waals surface area contributed by atoms with Gasteiger partial charge in [-0.15, -0.1) is 0 Å². The average Bonchev–Trinajstić information content (AvgIpc) is 2.26. The van der Waals surface area contributed by atoms with E-state index in [1.807, 2.05) is 6.92 Å². The number of rotatable bonds is 3. The van der Waals surface area contributed by atoms with E-state index in [1.165, 1.54) is 6.42 Å². The number of aromatic amines is 1. The highest BCUT2D eigenvalue weighted by molar-refractivity contribution is 5.35. The van der Waals surface area contributed by atoms with Gasteiger partial charge in [0.25, 0.3) is 5.56 Å². The molecule has 1 aromatic heterocycles. The van der Waals surface area contributed by atoms with E-state index in [2.05, 4.69) is 25.8 Å². The molecule has 19 heavy (non-hydrogen) atoms. The molecule has 1 N–H and O–H groups in total. The van der Waals surface area contributed by atoms with Gasteiger partial charge in [0.2, 0.25) is 0 Å². The molecule has 1 aliphatic carbocycles. The minimum atomic E-state index is -0.0680. The highest BCUT2D eigenvalue weighted by atomic mass is 16.5. The lowest BCUT2D eigenvalue weighted by Gasteiger charge is -2.32. The average molecular weight is 263 g/mol. The van der Waals surface area contributed by atoms with Gasteiger partial charge in [-0.05, 0) is 44.4 Å². The van der Waals surface area contributed by atoms with E-state index in [0.29, 0.717) is 11.8 Å². The van der Waals surface area contributed by atoms with E-state index in [-0.39, 0.29) is 11.7 Å². The maximum absolute atomic E-state index is 11.6. The van der Waals surface area contributed by atoms with E-state index in [4.69, 9.17) is 4.74 Å². The number of aryl methyl sites for hydroxylation is 1. The number of pyridine rings is 1. The van der Waals surface area contributed by atoms with Crippen LogP contribution in [0.3, 0.4) is 0 Å². The van der Waals surface area contributed by atoms with Crippen LogP contribution in [0.4, 0.5) is 0 Å². The summed E-state index contributed by atoms with van der Waals surface area (Å²) in [5.41, 5.74) is 1.99. The van der Waals surface area contributed by atoms with E-state index in [9.17, 15) is 4.79 Å². The van der Waals surface area contributed by atoms with Crippen LogP contribution in [-0.2, 0) is 6.42 Å². The molecule has 1 heterocycles. The molecule has 2 unspecified atom stereocenters. The highest BCUT2D eigenvalue weighted by Crippen LogP contribution is 2.32. The first kappa shape index (κ1) is 14.2. The zero-order valence-electron chi connectivity index (χ0n) is 12.5. The molecule has 0 amide bonds. The predicted octanol–water partition coefficient (Wildman–Crippen LogP) is 3.45. The molecule has 0 aliphatic heterocycles. The molecule has 2 atom stereocenters. The van der Waals surface area contributed by atoms with Crippen molar-refractivity contribution < 1.29 is 4.74 Å². The molecule has 0 aromatic carbocycles. The van der Waals surface area contributed by atoms with Crippen LogP contribution in [0.2, 0.25) is 0 Å². The molecule has 3 heteroatoms. The molecular formula is C16H25NO2. The van der Waals surface area contributed by atoms with Gasteiger partial charge in [0.05, 0.1) is 6.10 Å². The fourth-order valence-corrected chi connectivity index (χ4v) is 3.38. The topological polar surface area (TPSA) is 42.1 Å². The number of aromatic nitrogens is 1. The van der Waals surface area contributed by atoms with Gasteiger partial charge in [-0.2, -0.15) is 0 Å². The fourth-order valence-electron chi connectivity index (χ4n) is 3.38. The minimum Gasteiger partial charge on any atom is -0.490 e. The van der Waals surface area contributed by atoms with Gasteiger partial charge in [0, 0.05) is 17.3 Å². The molecule has 0 saturated heterocycles. The van der Waals surface area contributed by atoms with E-state index >= 15 is 0 Å². The molecule has 0 bridgehead atoms. The third kappa shape index (κ3) is 3.40. The number of hydrogen-bond donors (Lipinski definition) is 1. The largest absolute Gasteiger partial charge is 0.490 e. The summed E-state index contributed by atoms with van der Waals surface area (Å²) in [5.74, 6) is 2.21. The summed E-state index contributed by atoms with van der Waals surface area (Å²) in [6, 6.07) is 1.61. The van der Waals surface area contributed by atoms with Crippen molar-refractivity contribution in [3.63, 3.8) is 0 Å². The summed E-state index contributed by atoms with van der Waals surface area (Å²) in [6.45, 7) is 8.62. The maximum atomic E-state index is 11.6. The Hall–Kier alpha value is -1.25. The van der Waals surface area contributed by atoms with Crippen molar-refractivity contribution in [2.75, 3.05) is 0 Å². The predicted molar refractivity (Wildman–Crippen MR) is 77.8 cm³/mol. The highest BCUT2D eigenvalue weighted by Gasteiger charge is 2.26. The first-order valence-electron chi connectivity index (χ1n) is 7.39. The summed E-state index contributed by atoms with van der Waals surface area (Å²) < 4.78 is 6.16. The van der Waals surface area contributed by atoms with Crippen molar-refractivity contribution in [3.05, 3.63) is 27.7 Å². The van der Waals surface area contributed by atoms with Crippen molar-refractivity contribution in [1.82, 2.24) is 4.98 Å². The monoisotopic (exact) mass is 263 g/mol. The van der Waals surface area contributed by atoms with Crippen LogP contribution in [0.25, 0.3) is 0 Å². The summed E-state index contributed by atoms with van der Waals surface area (Å²) >= 11 is 0. The van der Waals surface area contributed by atoms with Crippen molar-refractivity contribution in [2.24, 2.45) is 11.8 Å². The first-order chi connectivity index (χ1) is 8.99. The number of hydrogen-bond acceptors (Lipinski definition) is 2. The second-order valence-electron chi connectivity index (χ2n) is 6.11. The minimum absolute atomic E-state index is 0.0680. The fraction of sp³-hybridized carbons (Fsp3) is 0.688. The number of H-pyrrole nitrogens is 1. The number of nitrogens with one attached hydrogen (secondary N) is 1. The zero-order valence-corrected chi connectivity index (χ0v) is 12.5. The zero-order chi connectivity index (χ0) is 14.0. The molecule has 1 saturated carbocycles. The van der Waals surface area contributed by atoms with Gasteiger partial charge >= 0.3 is 0 Å². The smallest absolute Gasteiger partial charge is 0.251 e. The van der Waals surface area contributed by atoms with Crippen molar-refractivity contribution in [2.45, 2.75) is 59.5 Å². The van der Waals surface area contributed by atoms with Crippen LogP contribution in [0, 0.1) is 18.8 Å². The lowest BCUT2D eigenvalue weighted by atomic mass is 9.82. The summed E-state index contributed by atoms with van der Waals surface area (Å²) in [4.78, 5) is 14.5. The third-order valence-corrected chi connectivity index (χ3v) is 4.11. The van der Waals surface area contributed by atoms with Crippen molar-refractivity contribution in [3.8, 4) is 5.75 Å². The quantitative estimate of drug-likeness (QED) is 0.907. The van der Waals surface area contributed by atoms with Gasteiger partial charge in [0.15, 0.2) is 0 Å². The Bertz CT molecular complexity index is 482. The van der Waals surface area contributed by atoms with Crippen molar-refractivity contribution in [1.29, 1.82) is 0 Å². The molecule has 1 aliphatic rings. The van der Waals surface area contributed by atoms with Crippen LogP contribution in [0.1, 0.15) is 51.3 Å². The van der Waals surface area contributed by atoms with Crippen LogP contribution in [-0.4, -0.2) is 11.1 Å². The molecule has 106 valence electrons. The van der Waals surface area contributed by atoms with Gasteiger partial charge < -0.3 is 9.72 Å². The summed E-state index contributed by atoms with van der Waals surface area (Å²) in [7, 11) is 0. The van der Waals surface area contributed by atoms with E-state index in [0.717, 1.165) is 36.3 Å². The Kier molecular flexibility index (Phi) is 4.33. The molecule has 0 spiro atoms. The molecule has 2 rings (SSSR count). The van der Waals surface area contributed by atoms with Gasteiger partial charge in [-0.25, -0.2) is 0 Å². The standard InChI is InChI=1S/C16H25NO2/c1-5-14-12(4)17-16(18)9-15(14)19-13-7-10(2)6-11(3)8-13/h9-11,13H,5-8H2,1-4H3,(H,17,18). The van der Waals surface area contributed by atoms with Gasteiger partial charge in [-0.3, -0.25) is 4.79 Å². The van der Waals surface area contributed by atoms with Gasteiger partial charge in [0.1, 0.15) is 5.75 Å². The number of ether oxygens (including phenoxy) is 1. The Morgan fingerprint density at radius 3 is 2.47 bits per heavy atom. The molecule has 1 aromatic rings. The molecule has 1 fully saturated rings. The Morgan fingerprint density at radius 1 is 1.26 bits per heavy atom. The Morgan fingerprint density at radius 2 is 1.89 bits per heavy atom. The SMILES string of the molecule is CCc1c(OC2CC(C)CC(C)C2)cc(=O)[nH]c1C. The normalized spacial score (nSPS) is 27.3. The van der Waals surface area contributed by atoms with Crippen LogP contribution < -0.4 is 10.3 Å². The summed E-state index contributed by atoms with van der Waals surface area (Å²) in [6.07, 6.45) is 4.62. The van der Waals surface area contributed by atoms with E-state index in [1.54, 1.807) is 6.07 Å². The maximum Gasteiger partial charge on any atom is 0.251 e. The lowest BCUT2D eigenvalue weighted by molar-refractivity contribution is 0.0998. The lowest BCUT2D eigenvalue weighted by Crippen LogP contribution is -2.29. The summed E-state index contributed by atoms with van der Waals surface area (Å²) in [5, 5.41) is 0. The van der Waals surface area contributed by atoms with Crippen LogP contribution >= 0.6 is 0 Å².